The number of oxime groups is 1. The molecule has 210 valence electrons. The van der Waals surface area contributed by atoms with E-state index < -0.39 is 15.7 Å². The van der Waals surface area contributed by atoms with Crippen LogP contribution in [-0.4, -0.2) is 79.5 Å². The summed E-state index contributed by atoms with van der Waals surface area (Å²) in [6.45, 7) is 4.96. The van der Waals surface area contributed by atoms with Crippen LogP contribution in [0.5, 0.6) is 0 Å². The molecule has 3 heterocycles. The fourth-order valence-corrected chi connectivity index (χ4v) is 7.17. The second kappa shape index (κ2) is 12.1. The lowest BCUT2D eigenvalue weighted by Gasteiger charge is -2.31. The van der Waals surface area contributed by atoms with Crippen molar-refractivity contribution >= 4 is 43.8 Å². The van der Waals surface area contributed by atoms with Gasteiger partial charge >= 0.3 is 0 Å². The van der Waals surface area contributed by atoms with Crippen LogP contribution in [-0.2, 0) is 35.5 Å². The molecule has 3 fully saturated rings. The summed E-state index contributed by atoms with van der Waals surface area (Å²) in [6, 6.07) is 6.41. The summed E-state index contributed by atoms with van der Waals surface area (Å²) in [5.74, 6) is -0.496. The number of nitrogens with zero attached hydrogens (tertiary/aromatic N) is 3. The molecule has 39 heavy (non-hydrogen) atoms. The maximum atomic E-state index is 13.3. The zero-order valence-electron chi connectivity index (χ0n) is 21.8. The van der Waals surface area contributed by atoms with Crippen molar-refractivity contribution in [2.75, 3.05) is 31.6 Å². The highest BCUT2D eigenvalue weighted by Gasteiger charge is 2.37. The molecule has 0 bridgehead atoms. The third-order valence-electron chi connectivity index (χ3n) is 6.96. The number of thiazole rings is 1. The Morgan fingerprint density at radius 1 is 1.15 bits per heavy atom. The minimum Gasteiger partial charge on any atom is -0.389 e. The van der Waals surface area contributed by atoms with Crippen molar-refractivity contribution in [1.82, 2.24) is 15.2 Å². The molecule has 1 aromatic heterocycles. The summed E-state index contributed by atoms with van der Waals surface area (Å²) in [4.78, 5) is 38.1. The van der Waals surface area contributed by atoms with Gasteiger partial charge in [0, 0.05) is 55.7 Å². The Morgan fingerprint density at radius 2 is 1.90 bits per heavy atom. The molecule has 1 aliphatic carbocycles. The molecule has 1 atom stereocenters. The Labute approximate surface area is 231 Å². The van der Waals surface area contributed by atoms with E-state index in [4.69, 9.17) is 9.57 Å². The molecular formula is C26H33N5O6S2. The van der Waals surface area contributed by atoms with Crippen molar-refractivity contribution in [3.8, 4) is 0 Å². The molecule has 2 aliphatic heterocycles. The minimum absolute atomic E-state index is 0.000378. The number of rotatable bonds is 10. The molecule has 0 unspecified atom stereocenters. The number of ether oxygens (including phenoxy) is 1. The number of hydrogen-bond acceptors (Lipinski definition) is 10. The molecule has 1 saturated carbocycles. The van der Waals surface area contributed by atoms with E-state index in [1.807, 2.05) is 0 Å². The van der Waals surface area contributed by atoms with Gasteiger partial charge in [0.25, 0.3) is 5.91 Å². The van der Waals surface area contributed by atoms with Crippen LogP contribution in [0.15, 0.2) is 40.5 Å². The van der Waals surface area contributed by atoms with E-state index in [0.717, 1.165) is 30.8 Å². The first-order valence-electron chi connectivity index (χ1n) is 13.2. The quantitative estimate of drug-likeness (QED) is 0.325. The van der Waals surface area contributed by atoms with Crippen molar-refractivity contribution < 1.29 is 27.6 Å². The second-order valence-corrected chi connectivity index (χ2v) is 13.5. The number of amides is 2. The maximum absolute atomic E-state index is 13.3. The van der Waals surface area contributed by atoms with Crippen LogP contribution >= 0.6 is 11.3 Å². The third kappa shape index (κ3) is 7.21. The van der Waals surface area contributed by atoms with Gasteiger partial charge in [0.05, 0.1) is 23.4 Å². The Kier molecular flexibility index (Phi) is 8.60. The van der Waals surface area contributed by atoms with E-state index in [-0.39, 0.29) is 33.9 Å². The number of aromatic nitrogens is 1. The normalized spacial score (nSPS) is 21.1. The summed E-state index contributed by atoms with van der Waals surface area (Å²) in [5.41, 5.74) is 0.481. The van der Waals surface area contributed by atoms with Gasteiger partial charge in [-0.15, -0.1) is 11.3 Å². The van der Waals surface area contributed by atoms with E-state index in [9.17, 15) is 18.0 Å². The lowest BCUT2D eigenvalue weighted by atomic mass is 10.1. The van der Waals surface area contributed by atoms with Crippen LogP contribution in [0.2, 0.25) is 0 Å². The van der Waals surface area contributed by atoms with Gasteiger partial charge < -0.3 is 14.9 Å². The highest BCUT2D eigenvalue weighted by Crippen LogP contribution is 2.33. The van der Waals surface area contributed by atoms with Gasteiger partial charge in [-0.25, -0.2) is 13.4 Å². The number of likely N-dealkylation sites (tertiary alicyclic amines) is 1. The zero-order chi connectivity index (χ0) is 27.4. The molecule has 5 rings (SSSR count). The Hall–Kier alpha value is -2.87. The lowest BCUT2D eigenvalue weighted by molar-refractivity contribution is -0.120. The average molecular weight is 576 g/mol. The number of carbonyl (C=O) groups excluding carboxylic acids is 2. The molecule has 2 saturated heterocycles. The van der Waals surface area contributed by atoms with Crippen LogP contribution in [0.4, 0.5) is 5.13 Å². The highest BCUT2D eigenvalue weighted by molar-refractivity contribution is 7.92. The van der Waals surface area contributed by atoms with E-state index in [2.05, 4.69) is 25.7 Å². The van der Waals surface area contributed by atoms with E-state index in [1.54, 1.807) is 25.3 Å². The topological polar surface area (TPSA) is 139 Å². The number of nitrogens with one attached hydrogen (secondary N) is 2. The summed E-state index contributed by atoms with van der Waals surface area (Å²) in [5, 5.41) is 10.1. The number of anilines is 1. The van der Waals surface area contributed by atoms with Crippen molar-refractivity contribution in [3.63, 3.8) is 0 Å². The van der Waals surface area contributed by atoms with E-state index >= 15 is 0 Å². The molecule has 1 aromatic carbocycles. The van der Waals surface area contributed by atoms with Crippen molar-refractivity contribution in [3.05, 3.63) is 40.9 Å². The van der Waals surface area contributed by atoms with Gasteiger partial charge in [-0.1, -0.05) is 17.3 Å². The Morgan fingerprint density at radius 3 is 2.54 bits per heavy atom. The molecule has 13 heteroatoms. The van der Waals surface area contributed by atoms with Crippen LogP contribution in [0.1, 0.15) is 49.5 Å². The second-order valence-electron chi connectivity index (χ2n) is 10.1. The zero-order valence-corrected chi connectivity index (χ0v) is 23.4. The smallest absolute Gasteiger partial charge is 0.280 e. The van der Waals surface area contributed by atoms with Crippen molar-refractivity contribution in [2.24, 2.45) is 5.16 Å². The fraction of sp³-hybridized carbons (Fsp3) is 0.538. The van der Waals surface area contributed by atoms with Crippen LogP contribution in [0.25, 0.3) is 0 Å². The molecular weight excluding hydrogens is 542 g/mol. The largest absolute Gasteiger partial charge is 0.389 e. The number of sulfone groups is 1. The average Bonchev–Trinajstić information content (AvgIpc) is 3.50. The molecule has 2 amide bonds. The van der Waals surface area contributed by atoms with Gasteiger partial charge in [-0.3, -0.25) is 19.8 Å². The lowest BCUT2D eigenvalue weighted by Crippen LogP contribution is -2.43. The van der Waals surface area contributed by atoms with Crippen LogP contribution < -0.4 is 10.6 Å². The van der Waals surface area contributed by atoms with Gasteiger partial charge in [-0.05, 0) is 37.8 Å². The fourth-order valence-electron chi connectivity index (χ4n) is 4.66. The number of piperidine rings is 1. The third-order valence-corrected chi connectivity index (χ3v) is 10.1. The first kappa shape index (κ1) is 27.7. The van der Waals surface area contributed by atoms with Crippen LogP contribution in [0.3, 0.4) is 0 Å². The van der Waals surface area contributed by atoms with Gasteiger partial charge in [0.15, 0.2) is 26.8 Å². The van der Waals surface area contributed by atoms with E-state index in [0.29, 0.717) is 49.7 Å². The Bertz CT molecular complexity index is 1310. The molecule has 11 nitrogen and oxygen atoms in total. The van der Waals surface area contributed by atoms with Gasteiger partial charge in [0.2, 0.25) is 5.91 Å². The summed E-state index contributed by atoms with van der Waals surface area (Å²) in [7, 11) is -3.34. The summed E-state index contributed by atoms with van der Waals surface area (Å²) >= 11 is 1.39. The van der Waals surface area contributed by atoms with Gasteiger partial charge in [-0.2, -0.15) is 0 Å². The molecule has 2 aromatic rings. The van der Waals surface area contributed by atoms with Crippen molar-refractivity contribution in [1.29, 1.82) is 0 Å². The molecule has 0 spiro atoms. The van der Waals surface area contributed by atoms with Crippen LogP contribution in [0, 0.1) is 0 Å². The summed E-state index contributed by atoms with van der Waals surface area (Å²) in [6.07, 6.45) is 5.34. The monoisotopic (exact) mass is 575 g/mol. The standard InChI is InChI=1S/C26H33N5O6S2/c1-17(32)28-19-8-11-31(12-9-19)15-21-14-27-26(38-21)29-25(33)24(30-37-20-10-13-36-16-20)18-2-4-22(5-3-18)39(34,35)23-6-7-23/h2-5,14,19-20,23H,6-13,15-16H2,1H3,(H,28,32)(H,27,29,33)/t20-/m1/s1. The number of hydrogen-bond donors (Lipinski definition) is 2. The maximum Gasteiger partial charge on any atom is 0.280 e. The summed E-state index contributed by atoms with van der Waals surface area (Å²) < 4.78 is 30.5. The highest BCUT2D eigenvalue weighted by atomic mass is 32.2. The van der Waals surface area contributed by atoms with Crippen molar-refractivity contribution in [2.45, 2.75) is 67.9 Å². The molecule has 0 radical (unpaired) electrons. The molecule has 3 aliphatic rings. The molecule has 2 N–H and O–H groups in total. The minimum atomic E-state index is -3.34. The first-order valence-corrected chi connectivity index (χ1v) is 15.6. The van der Waals surface area contributed by atoms with E-state index in [1.165, 1.54) is 23.5 Å². The SMILES string of the molecule is CC(=O)NC1CCN(Cc2cnc(NC(=O)C(=NO[C@@H]3CCOC3)c3ccc(S(=O)(=O)C4CC4)cc3)s2)CC1. The predicted molar refractivity (Wildman–Crippen MR) is 146 cm³/mol. The van der Waals surface area contributed by atoms with Gasteiger partial charge in [0.1, 0.15) is 0 Å². The Balaban J connectivity index is 1.24. The number of benzene rings is 1. The number of carbonyl (C=O) groups is 2. The first-order chi connectivity index (χ1) is 18.8. The predicted octanol–water partition coefficient (Wildman–Crippen LogP) is 2.33.